The van der Waals surface area contributed by atoms with E-state index in [1.807, 2.05) is 11.8 Å². The molecule has 0 bridgehead atoms. The fourth-order valence-corrected chi connectivity index (χ4v) is 3.54. The molecule has 1 aromatic heterocycles. The van der Waals surface area contributed by atoms with E-state index in [-0.39, 0.29) is 10.3 Å². The standard InChI is InChI=1S/C14H20N2O2S/c1-19-14(6-3-2-4-7-14)10-16-12-5-8-15-9-11(12)13(17)18/h5,8-9H,2-4,6-7,10H2,1H3,(H,15,16)(H,17,18). The van der Waals surface area contributed by atoms with Gasteiger partial charge in [-0.2, -0.15) is 11.8 Å². The molecule has 0 unspecified atom stereocenters. The summed E-state index contributed by atoms with van der Waals surface area (Å²) in [4.78, 5) is 15.0. The summed E-state index contributed by atoms with van der Waals surface area (Å²) in [5, 5.41) is 12.5. The lowest BCUT2D eigenvalue weighted by Gasteiger charge is -2.36. The number of pyridine rings is 1. The minimum absolute atomic E-state index is 0.245. The number of hydrogen-bond acceptors (Lipinski definition) is 4. The highest BCUT2D eigenvalue weighted by molar-refractivity contribution is 8.00. The molecule has 1 heterocycles. The van der Waals surface area contributed by atoms with Crippen molar-refractivity contribution in [3.05, 3.63) is 24.0 Å². The van der Waals surface area contributed by atoms with Gasteiger partial charge in [0.1, 0.15) is 5.56 Å². The van der Waals surface area contributed by atoms with E-state index in [1.54, 1.807) is 12.3 Å². The molecule has 0 atom stereocenters. The summed E-state index contributed by atoms with van der Waals surface area (Å²) in [6.07, 6.45) is 11.4. The quantitative estimate of drug-likeness (QED) is 0.867. The van der Waals surface area contributed by atoms with Gasteiger partial charge < -0.3 is 10.4 Å². The molecule has 2 N–H and O–H groups in total. The van der Waals surface area contributed by atoms with Crippen LogP contribution in [0.4, 0.5) is 5.69 Å². The van der Waals surface area contributed by atoms with Gasteiger partial charge >= 0.3 is 5.97 Å². The van der Waals surface area contributed by atoms with Crippen LogP contribution in [0.25, 0.3) is 0 Å². The molecule has 0 aromatic carbocycles. The van der Waals surface area contributed by atoms with Crippen LogP contribution in [0.15, 0.2) is 18.5 Å². The van der Waals surface area contributed by atoms with Crippen molar-refractivity contribution in [1.29, 1.82) is 0 Å². The molecule has 5 heteroatoms. The van der Waals surface area contributed by atoms with Crippen LogP contribution in [0.3, 0.4) is 0 Å². The summed E-state index contributed by atoms with van der Waals surface area (Å²) in [6.45, 7) is 0.818. The third-order valence-electron chi connectivity index (χ3n) is 3.85. The van der Waals surface area contributed by atoms with Crippen LogP contribution < -0.4 is 5.32 Å². The smallest absolute Gasteiger partial charge is 0.339 e. The molecule has 1 aromatic rings. The molecule has 0 aliphatic heterocycles. The maximum atomic E-state index is 11.1. The van der Waals surface area contributed by atoms with Crippen LogP contribution in [-0.2, 0) is 0 Å². The number of aromatic carboxylic acids is 1. The van der Waals surface area contributed by atoms with Crippen molar-refractivity contribution < 1.29 is 9.90 Å². The fraction of sp³-hybridized carbons (Fsp3) is 0.571. The Morgan fingerprint density at radius 1 is 1.47 bits per heavy atom. The number of nitrogens with zero attached hydrogens (tertiary/aromatic N) is 1. The fourth-order valence-electron chi connectivity index (χ4n) is 2.62. The predicted molar refractivity (Wildman–Crippen MR) is 79.0 cm³/mol. The Hall–Kier alpha value is -1.23. The number of carboxylic acids is 1. The SMILES string of the molecule is CSC1(CNc2ccncc2C(=O)O)CCCCC1. The van der Waals surface area contributed by atoms with Crippen LogP contribution in [0, 0.1) is 0 Å². The topological polar surface area (TPSA) is 62.2 Å². The lowest BCUT2D eigenvalue weighted by Crippen LogP contribution is -2.35. The van der Waals surface area contributed by atoms with Gasteiger partial charge in [-0.05, 0) is 25.2 Å². The Morgan fingerprint density at radius 3 is 2.84 bits per heavy atom. The van der Waals surface area contributed by atoms with Crippen LogP contribution in [0.5, 0.6) is 0 Å². The molecule has 1 saturated carbocycles. The van der Waals surface area contributed by atoms with E-state index >= 15 is 0 Å². The summed E-state index contributed by atoms with van der Waals surface area (Å²) < 4.78 is 0.247. The predicted octanol–water partition coefficient (Wildman–Crippen LogP) is 3.26. The van der Waals surface area contributed by atoms with Gasteiger partial charge in [0.2, 0.25) is 0 Å². The maximum absolute atomic E-state index is 11.1. The molecule has 104 valence electrons. The average Bonchev–Trinajstić information content (AvgIpc) is 2.46. The number of rotatable bonds is 5. The highest BCUT2D eigenvalue weighted by Gasteiger charge is 2.31. The lowest BCUT2D eigenvalue weighted by molar-refractivity contribution is 0.0697. The second-order valence-corrected chi connectivity index (χ2v) is 6.30. The molecule has 19 heavy (non-hydrogen) atoms. The van der Waals surface area contributed by atoms with Crippen molar-refractivity contribution >= 4 is 23.4 Å². The Balaban J connectivity index is 2.07. The van der Waals surface area contributed by atoms with Crippen molar-refractivity contribution in [2.24, 2.45) is 0 Å². The highest BCUT2D eigenvalue weighted by Crippen LogP contribution is 2.38. The first-order valence-electron chi connectivity index (χ1n) is 6.63. The maximum Gasteiger partial charge on any atom is 0.339 e. The summed E-state index contributed by atoms with van der Waals surface area (Å²) in [6, 6.07) is 1.74. The lowest BCUT2D eigenvalue weighted by atomic mass is 9.88. The highest BCUT2D eigenvalue weighted by atomic mass is 32.2. The summed E-state index contributed by atoms with van der Waals surface area (Å²) in [5.74, 6) is -0.933. The molecular formula is C14H20N2O2S. The normalized spacial score (nSPS) is 17.9. The van der Waals surface area contributed by atoms with Crippen molar-refractivity contribution in [3.8, 4) is 0 Å². The van der Waals surface area contributed by atoms with E-state index in [0.717, 1.165) is 6.54 Å². The van der Waals surface area contributed by atoms with E-state index in [9.17, 15) is 4.79 Å². The summed E-state index contributed by atoms with van der Waals surface area (Å²) >= 11 is 1.90. The molecular weight excluding hydrogens is 260 g/mol. The number of aromatic nitrogens is 1. The van der Waals surface area contributed by atoms with Gasteiger partial charge in [-0.15, -0.1) is 0 Å². The van der Waals surface area contributed by atoms with E-state index in [2.05, 4.69) is 16.6 Å². The van der Waals surface area contributed by atoms with Crippen molar-refractivity contribution in [2.75, 3.05) is 18.1 Å². The zero-order valence-electron chi connectivity index (χ0n) is 11.2. The Labute approximate surface area is 118 Å². The summed E-state index contributed by atoms with van der Waals surface area (Å²) in [5.41, 5.74) is 0.913. The van der Waals surface area contributed by atoms with Crippen LogP contribution >= 0.6 is 11.8 Å². The van der Waals surface area contributed by atoms with E-state index in [1.165, 1.54) is 38.3 Å². The van der Waals surface area contributed by atoms with Crippen LogP contribution in [0.2, 0.25) is 0 Å². The zero-order chi connectivity index (χ0) is 13.7. The van der Waals surface area contributed by atoms with Crippen molar-refractivity contribution in [2.45, 2.75) is 36.9 Å². The molecule has 0 spiro atoms. The number of thioether (sulfide) groups is 1. The molecule has 0 amide bonds. The number of nitrogens with one attached hydrogen (secondary N) is 1. The van der Waals surface area contributed by atoms with Gasteiger partial charge in [0.15, 0.2) is 0 Å². The first kappa shape index (κ1) is 14.2. The number of anilines is 1. The second-order valence-electron chi connectivity index (χ2n) is 5.03. The Morgan fingerprint density at radius 2 is 2.21 bits per heavy atom. The third kappa shape index (κ3) is 3.41. The number of hydrogen-bond donors (Lipinski definition) is 2. The van der Waals surface area contributed by atoms with Gasteiger partial charge in [0.05, 0.1) is 5.69 Å². The van der Waals surface area contributed by atoms with Crippen LogP contribution in [0.1, 0.15) is 42.5 Å². The molecule has 0 saturated heterocycles. The molecule has 2 rings (SSSR count). The first-order valence-corrected chi connectivity index (χ1v) is 7.86. The molecule has 0 radical (unpaired) electrons. The number of carboxylic acid groups (broad SMARTS) is 1. The minimum atomic E-state index is -0.933. The van der Waals surface area contributed by atoms with E-state index < -0.39 is 5.97 Å². The van der Waals surface area contributed by atoms with Crippen LogP contribution in [-0.4, -0.2) is 33.6 Å². The van der Waals surface area contributed by atoms with Gasteiger partial charge in [0, 0.05) is 23.7 Å². The zero-order valence-corrected chi connectivity index (χ0v) is 12.0. The number of carbonyl (C=O) groups is 1. The van der Waals surface area contributed by atoms with Gasteiger partial charge in [-0.1, -0.05) is 19.3 Å². The minimum Gasteiger partial charge on any atom is -0.478 e. The van der Waals surface area contributed by atoms with E-state index in [4.69, 9.17) is 5.11 Å². The van der Waals surface area contributed by atoms with Crippen molar-refractivity contribution in [3.63, 3.8) is 0 Å². The van der Waals surface area contributed by atoms with Gasteiger partial charge in [-0.3, -0.25) is 4.98 Å². The third-order valence-corrected chi connectivity index (χ3v) is 5.27. The van der Waals surface area contributed by atoms with E-state index in [0.29, 0.717) is 5.69 Å². The van der Waals surface area contributed by atoms with Crippen molar-refractivity contribution in [1.82, 2.24) is 4.98 Å². The largest absolute Gasteiger partial charge is 0.478 e. The second kappa shape index (κ2) is 6.28. The Kier molecular flexibility index (Phi) is 4.69. The average molecular weight is 280 g/mol. The molecule has 1 aliphatic carbocycles. The molecule has 1 aliphatic rings. The summed E-state index contributed by atoms with van der Waals surface area (Å²) in [7, 11) is 0. The Bertz CT molecular complexity index is 445. The van der Waals surface area contributed by atoms with Gasteiger partial charge in [0.25, 0.3) is 0 Å². The molecule has 1 fully saturated rings. The molecule has 4 nitrogen and oxygen atoms in total. The first-order chi connectivity index (χ1) is 9.17. The monoisotopic (exact) mass is 280 g/mol. The van der Waals surface area contributed by atoms with Gasteiger partial charge in [-0.25, -0.2) is 4.79 Å².